The van der Waals surface area contributed by atoms with Gasteiger partial charge in [-0.05, 0) is 24.7 Å². The molecule has 2 fully saturated rings. The maximum absolute atomic E-state index is 12.5. The third-order valence-electron chi connectivity index (χ3n) is 4.98. The Hall–Kier alpha value is -1.40. The number of hydrogen-bond acceptors (Lipinski definition) is 3. The molecule has 0 radical (unpaired) electrons. The standard InChI is InChI=1S/C15H25N4O2/c1-16-7-3-8-18(13-16)14(20)17-9-4-15(5-10-17)6-11-19(12-15)21-2/h3,7-8H,4-6,9-13H2,1-2H3/q+1. The molecule has 1 spiro atoms. The number of nitrogens with zero attached hydrogens (tertiary/aromatic N) is 4. The lowest BCUT2D eigenvalue weighted by atomic mass is 9.78. The van der Waals surface area contributed by atoms with Crippen molar-refractivity contribution in [2.45, 2.75) is 19.3 Å². The fourth-order valence-corrected chi connectivity index (χ4v) is 3.56. The number of carbonyl (C=O) groups is 1. The quantitative estimate of drug-likeness (QED) is 0.676. The third-order valence-corrected chi connectivity index (χ3v) is 4.98. The molecule has 0 aromatic carbocycles. The Morgan fingerprint density at radius 1 is 1.24 bits per heavy atom. The minimum absolute atomic E-state index is 0.127. The molecular weight excluding hydrogens is 268 g/mol. The van der Waals surface area contributed by atoms with E-state index >= 15 is 0 Å². The number of allylic oxidation sites excluding steroid dienone is 1. The summed E-state index contributed by atoms with van der Waals surface area (Å²) in [5.41, 5.74) is 0.356. The van der Waals surface area contributed by atoms with Crippen LogP contribution < -0.4 is 0 Å². The van der Waals surface area contributed by atoms with Gasteiger partial charge in [-0.1, -0.05) is 0 Å². The molecule has 0 atom stereocenters. The first-order valence-corrected chi connectivity index (χ1v) is 7.68. The van der Waals surface area contributed by atoms with Crippen molar-refractivity contribution in [1.82, 2.24) is 14.9 Å². The highest BCUT2D eigenvalue weighted by molar-refractivity contribution is 5.77. The normalized spacial score (nSPS) is 25.5. The van der Waals surface area contributed by atoms with Gasteiger partial charge in [0.1, 0.15) is 7.05 Å². The number of hydroxylamine groups is 2. The topological polar surface area (TPSA) is 39.0 Å². The first kappa shape index (κ1) is 14.5. The molecule has 6 nitrogen and oxygen atoms in total. The van der Waals surface area contributed by atoms with E-state index in [1.807, 2.05) is 35.0 Å². The van der Waals surface area contributed by atoms with Crippen LogP contribution in [0.5, 0.6) is 0 Å². The van der Waals surface area contributed by atoms with E-state index in [9.17, 15) is 4.79 Å². The number of hydrogen-bond donors (Lipinski definition) is 0. The highest BCUT2D eigenvalue weighted by atomic mass is 16.7. The second-order valence-corrected chi connectivity index (χ2v) is 6.42. The minimum Gasteiger partial charge on any atom is -0.324 e. The summed E-state index contributed by atoms with van der Waals surface area (Å²) < 4.78 is 2.01. The van der Waals surface area contributed by atoms with Gasteiger partial charge in [-0.3, -0.25) is 0 Å². The van der Waals surface area contributed by atoms with Crippen LogP contribution in [0.4, 0.5) is 4.79 Å². The van der Waals surface area contributed by atoms with E-state index < -0.39 is 0 Å². The monoisotopic (exact) mass is 293 g/mol. The molecule has 0 N–H and O–H groups in total. The molecule has 0 unspecified atom stereocenters. The van der Waals surface area contributed by atoms with Crippen LogP contribution in [0.15, 0.2) is 12.3 Å². The zero-order chi connectivity index (χ0) is 14.9. The van der Waals surface area contributed by atoms with Gasteiger partial charge in [-0.15, -0.1) is 0 Å². The zero-order valence-corrected chi connectivity index (χ0v) is 13.0. The average Bonchev–Trinajstić information content (AvgIpc) is 2.90. The van der Waals surface area contributed by atoms with Gasteiger partial charge in [-0.25, -0.2) is 14.3 Å². The van der Waals surface area contributed by atoms with Crippen molar-refractivity contribution in [2.24, 2.45) is 5.41 Å². The molecule has 21 heavy (non-hydrogen) atoms. The molecule has 3 rings (SSSR count). The number of urea groups is 1. The van der Waals surface area contributed by atoms with E-state index in [1.165, 1.54) is 6.42 Å². The maximum atomic E-state index is 12.5. The lowest BCUT2D eigenvalue weighted by molar-refractivity contribution is -0.510. The summed E-state index contributed by atoms with van der Waals surface area (Å²) in [5, 5.41) is 2.05. The summed E-state index contributed by atoms with van der Waals surface area (Å²) in [6.07, 6.45) is 9.11. The minimum atomic E-state index is 0.127. The van der Waals surface area contributed by atoms with Crippen LogP contribution in [0.3, 0.4) is 0 Å². The van der Waals surface area contributed by atoms with E-state index in [4.69, 9.17) is 4.84 Å². The van der Waals surface area contributed by atoms with Gasteiger partial charge >= 0.3 is 6.03 Å². The Labute approximate surface area is 126 Å². The van der Waals surface area contributed by atoms with E-state index in [-0.39, 0.29) is 6.03 Å². The Morgan fingerprint density at radius 2 is 1.95 bits per heavy atom. The Balaban J connectivity index is 1.55. The third kappa shape index (κ3) is 2.96. The summed E-state index contributed by atoms with van der Waals surface area (Å²) in [5.74, 6) is 0. The van der Waals surface area contributed by atoms with Gasteiger partial charge in [0.05, 0.1) is 7.11 Å². The van der Waals surface area contributed by atoms with Gasteiger partial charge in [-0.2, -0.15) is 5.06 Å². The SMILES string of the molecule is CON1CCC2(CCN(C(=O)N3C=CC=[N+](C)C3)CC2)C1. The predicted molar refractivity (Wildman–Crippen MR) is 79.9 cm³/mol. The first-order chi connectivity index (χ1) is 10.1. The van der Waals surface area contributed by atoms with Crippen LogP contribution in [0.1, 0.15) is 19.3 Å². The van der Waals surface area contributed by atoms with Crippen molar-refractivity contribution in [3.63, 3.8) is 0 Å². The van der Waals surface area contributed by atoms with Crippen molar-refractivity contribution < 1.29 is 14.2 Å². The zero-order valence-electron chi connectivity index (χ0n) is 13.0. The Kier molecular flexibility index (Phi) is 3.99. The molecule has 0 aromatic rings. The van der Waals surface area contributed by atoms with Crippen LogP contribution >= 0.6 is 0 Å². The van der Waals surface area contributed by atoms with Crippen LogP contribution in [0.25, 0.3) is 0 Å². The number of likely N-dealkylation sites (tertiary alicyclic amines) is 1. The van der Waals surface area contributed by atoms with Crippen LogP contribution in [0, 0.1) is 5.41 Å². The molecule has 0 aliphatic carbocycles. The van der Waals surface area contributed by atoms with Gasteiger partial charge in [0, 0.05) is 38.5 Å². The summed E-state index contributed by atoms with van der Waals surface area (Å²) in [6.45, 7) is 4.36. The molecule has 116 valence electrons. The highest BCUT2D eigenvalue weighted by Crippen LogP contribution is 2.40. The van der Waals surface area contributed by atoms with Crippen molar-refractivity contribution in [3.8, 4) is 0 Å². The lowest BCUT2D eigenvalue weighted by Crippen LogP contribution is -2.49. The van der Waals surface area contributed by atoms with Crippen molar-refractivity contribution in [1.29, 1.82) is 0 Å². The summed E-state index contributed by atoms with van der Waals surface area (Å²) in [6, 6.07) is 0.127. The number of amides is 2. The molecule has 2 amide bonds. The van der Waals surface area contributed by atoms with Crippen LogP contribution in [0.2, 0.25) is 0 Å². The summed E-state index contributed by atoms with van der Waals surface area (Å²) >= 11 is 0. The molecule has 0 saturated carbocycles. The number of carbonyl (C=O) groups excluding carboxylic acids is 1. The smallest absolute Gasteiger partial charge is 0.324 e. The second-order valence-electron chi connectivity index (χ2n) is 6.42. The van der Waals surface area contributed by atoms with Crippen molar-refractivity contribution in [2.75, 3.05) is 47.0 Å². The molecule has 6 heteroatoms. The number of piperidine rings is 1. The van der Waals surface area contributed by atoms with E-state index in [0.29, 0.717) is 12.1 Å². The predicted octanol–water partition coefficient (Wildman–Crippen LogP) is 0.956. The fourth-order valence-electron chi connectivity index (χ4n) is 3.56. The summed E-state index contributed by atoms with van der Waals surface area (Å²) in [4.78, 5) is 21.7. The van der Waals surface area contributed by atoms with Gasteiger partial charge in [0.2, 0.25) is 6.67 Å². The van der Waals surface area contributed by atoms with E-state index in [1.54, 1.807) is 12.0 Å². The van der Waals surface area contributed by atoms with Crippen molar-refractivity contribution in [3.05, 3.63) is 12.3 Å². The average molecular weight is 293 g/mol. The molecular formula is C15H25N4O2+. The molecule has 3 aliphatic heterocycles. The van der Waals surface area contributed by atoms with E-state index in [2.05, 4.69) is 5.06 Å². The lowest BCUT2D eigenvalue weighted by Gasteiger charge is -2.40. The van der Waals surface area contributed by atoms with Gasteiger partial charge in [0.25, 0.3) is 0 Å². The fraction of sp³-hybridized carbons (Fsp3) is 0.733. The molecule has 3 aliphatic rings. The summed E-state index contributed by atoms with van der Waals surface area (Å²) in [7, 11) is 3.72. The molecule has 2 saturated heterocycles. The molecule has 0 bridgehead atoms. The maximum Gasteiger partial charge on any atom is 0.328 e. The Morgan fingerprint density at radius 3 is 2.57 bits per heavy atom. The van der Waals surface area contributed by atoms with E-state index in [0.717, 1.165) is 39.0 Å². The van der Waals surface area contributed by atoms with Crippen LogP contribution in [-0.2, 0) is 4.84 Å². The highest BCUT2D eigenvalue weighted by Gasteiger charge is 2.42. The molecule has 3 heterocycles. The van der Waals surface area contributed by atoms with Crippen LogP contribution in [-0.4, -0.2) is 78.7 Å². The second kappa shape index (κ2) is 5.77. The Bertz CT molecular complexity index is 466. The number of rotatable bonds is 1. The largest absolute Gasteiger partial charge is 0.328 e. The van der Waals surface area contributed by atoms with Gasteiger partial charge in [0.15, 0.2) is 6.21 Å². The van der Waals surface area contributed by atoms with Gasteiger partial charge < -0.3 is 9.74 Å². The molecule has 0 aromatic heterocycles. The first-order valence-electron chi connectivity index (χ1n) is 7.68. The van der Waals surface area contributed by atoms with Crippen molar-refractivity contribution >= 4 is 12.2 Å².